The molecule has 0 unspecified atom stereocenters. The largest absolute Gasteiger partial charge is 0.372 e. The zero-order chi connectivity index (χ0) is 25.5. The van der Waals surface area contributed by atoms with Crippen LogP contribution in [0.4, 0.5) is 11.4 Å². The van der Waals surface area contributed by atoms with Gasteiger partial charge in [-0.25, -0.2) is 8.42 Å². The summed E-state index contributed by atoms with van der Waals surface area (Å²) in [6.45, 7) is 6.37. The molecule has 0 spiro atoms. The smallest absolute Gasteiger partial charge is 0.264 e. The van der Waals surface area contributed by atoms with Gasteiger partial charge in [0.25, 0.3) is 10.0 Å². The highest BCUT2D eigenvalue weighted by molar-refractivity contribution is 7.92. The van der Waals surface area contributed by atoms with E-state index in [0.717, 1.165) is 24.2 Å². The van der Waals surface area contributed by atoms with Gasteiger partial charge in [-0.05, 0) is 72.7 Å². The van der Waals surface area contributed by atoms with E-state index < -0.39 is 10.0 Å². The molecule has 4 rings (SSSR count). The number of piperidine rings is 1. The molecule has 1 heterocycles. The van der Waals surface area contributed by atoms with E-state index in [2.05, 4.69) is 36.2 Å². The lowest BCUT2D eigenvalue weighted by Crippen LogP contribution is -2.40. The standard InChI is InChI=1S/C29H35N3O3S/c1-23(2)25-13-17-27(18-14-25)32(36(34,35)28-9-5-3-6-10-28)22-29(33)30-21-24-11-15-26(16-12-24)31-19-7-4-8-20-31/h3,5-6,9-18,23H,4,7-8,19-22H2,1-2H3,(H,30,33). The van der Waals surface area contributed by atoms with E-state index in [0.29, 0.717) is 18.2 Å². The molecular weight excluding hydrogens is 470 g/mol. The minimum absolute atomic E-state index is 0.152. The number of amides is 1. The van der Waals surface area contributed by atoms with Crippen LogP contribution in [-0.2, 0) is 21.4 Å². The summed E-state index contributed by atoms with van der Waals surface area (Å²) >= 11 is 0. The molecule has 3 aromatic rings. The summed E-state index contributed by atoms with van der Waals surface area (Å²) in [5, 5.41) is 2.89. The first kappa shape index (κ1) is 25.8. The summed E-state index contributed by atoms with van der Waals surface area (Å²) in [6.07, 6.45) is 3.74. The number of carbonyl (C=O) groups is 1. The summed E-state index contributed by atoms with van der Waals surface area (Å²) in [4.78, 5) is 15.5. The zero-order valence-corrected chi connectivity index (χ0v) is 21.9. The van der Waals surface area contributed by atoms with Gasteiger partial charge in [-0.3, -0.25) is 9.10 Å². The highest BCUT2D eigenvalue weighted by Gasteiger charge is 2.27. The second kappa shape index (κ2) is 11.6. The molecule has 1 aliphatic rings. The lowest BCUT2D eigenvalue weighted by atomic mass is 10.0. The molecule has 0 atom stereocenters. The van der Waals surface area contributed by atoms with Gasteiger partial charge in [-0.1, -0.05) is 56.3 Å². The van der Waals surface area contributed by atoms with Gasteiger partial charge in [0, 0.05) is 25.3 Å². The Labute approximate surface area is 215 Å². The predicted octanol–water partition coefficient (Wildman–Crippen LogP) is 5.31. The van der Waals surface area contributed by atoms with Crippen molar-refractivity contribution < 1.29 is 13.2 Å². The zero-order valence-electron chi connectivity index (χ0n) is 21.1. The van der Waals surface area contributed by atoms with Gasteiger partial charge in [0.05, 0.1) is 10.6 Å². The molecule has 3 aromatic carbocycles. The fourth-order valence-corrected chi connectivity index (χ4v) is 5.87. The van der Waals surface area contributed by atoms with E-state index in [1.807, 2.05) is 24.3 Å². The number of hydrogen-bond donors (Lipinski definition) is 1. The Morgan fingerprint density at radius 1 is 0.889 bits per heavy atom. The van der Waals surface area contributed by atoms with E-state index in [1.54, 1.807) is 42.5 Å². The summed E-state index contributed by atoms with van der Waals surface area (Å²) in [7, 11) is -3.92. The first-order valence-corrected chi connectivity index (χ1v) is 14.1. The van der Waals surface area contributed by atoms with Gasteiger partial charge in [0.2, 0.25) is 5.91 Å². The second-order valence-corrected chi connectivity index (χ2v) is 11.4. The number of anilines is 2. The monoisotopic (exact) mass is 505 g/mol. The predicted molar refractivity (Wildman–Crippen MR) is 146 cm³/mol. The van der Waals surface area contributed by atoms with Crippen LogP contribution in [-0.4, -0.2) is 34.0 Å². The summed E-state index contributed by atoms with van der Waals surface area (Å²) in [5.41, 5.74) is 3.75. The van der Waals surface area contributed by atoms with Crippen LogP contribution < -0.4 is 14.5 Å². The summed E-state index contributed by atoms with van der Waals surface area (Å²) < 4.78 is 28.2. The summed E-state index contributed by atoms with van der Waals surface area (Å²) in [5.74, 6) is -0.0367. The van der Waals surface area contributed by atoms with E-state index in [9.17, 15) is 13.2 Å². The molecule has 190 valence electrons. The average molecular weight is 506 g/mol. The van der Waals surface area contributed by atoms with Crippen LogP contribution >= 0.6 is 0 Å². The van der Waals surface area contributed by atoms with Gasteiger partial charge >= 0.3 is 0 Å². The quantitative estimate of drug-likeness (QED) is 0.428. The molecule has 1 amide bonds. The molecule has 1 fully saturated rings. The average Bonchev–Trinajstić information content (AvgIpc) is 2.92. The minimum Gasteiger partial charge on any atom is -0.372 e. The number of nitrogens with one attached hydrogen (secondary N) is 1. The van der Waals surface area contributed by atoms with Gasteiger partial charge < -0.3 is 10.2 Å². The van der Waals surface area contributed by atoms with Crippen molar-refractivity contribution >= 4 is 27.3 Å². The van der Waals surface area contributed by atoms with Crippen molar-refractivity contribution in [3.63, 3.8) is 0 Å². The highest BCUT2D eigenvalue weighted by atomic mass is 32.2. The van der Waals surface area contributed by atoms with Crippen LogP contribution in [0.25, 0.3) is 0 Å². The fourth-order valence-electron chi connectivity index (χ4n) is 4.42. The van der Waals surface area contributed by atoms with Gasteiger partial charge in [0.15, 0.2) is 0 Å². The van der Waals surface area contributed by atoms with Crippen LogP contribution in [0.3, 0.4) is 0 Å². The normalized spacial score (nSPS) is 14.0. The third kappa shape index (κ3) is 6.26. The van der Waals surface area contributed by atoms with Crippen molar-refractivity contribution in [3.05, 3.63) is 90.0 Å². The van der Waals surface area contributed by atoms with Crippen molar-refractivity contribution in [2.45, 2.75) is 50.5 Å². The lowest BCUT2D eigenvalue weighted by molar-refractivity contribution is -0.119. The number of carbonyl (C=O) groups excluding carboxylic acids is 1. The molecule has 1 N–H and O–H groups in total. The van der Waals surface area contributed by atoms with Crippen LogP contribution in [0.1, 0.15) is 50.2 Å². The van der Waals surface area contributed by atoms with Crippen LogP contribution in [0.15, 0.2) is 83.8 Å². The van der Waals surface area contributed by atoms with Crippen LogP contribution in [0.2, 0.25) is 0 Å². The van der Waals surface area contributed by atoms with Gasteiger partial charge in [-0.15, -0.1) is 0 Å². The van der Waals surface area contributed by atoms with E-state index in [4.69, 9.17) is 0 Å². The Morgan fingerprint density at radius 3 is 2.14 bits per heavy atom. The molecular formula is C29H35N3O3S. The number of rotatable bonds is 9. The minimum atomic E-state index is -3.92. The molecule has 0 radical (unpaired) electrons. The second-order valence-electron chi connectivity index (χ2n) is 9.56. The molecule has 1 saturated heterocycles. The molecule has 0 saturated carbocycles. The Bertz CT molecular complexity index is 1240. The maximum atomic E-state index is 13.5. The maximum absolute atomic E-state index is 13.5. The van der Waals surface area contributed by atoms with Crippen molar-refractivity contribution in [2.75, 3.05) is 28.8 Å². The summed E-state index contributed by atoms with van der Waals surface area (Å²) in [6, 6.07) is 23.8. The number of benzene rings is 3. The molecule has 36 heavy (non-hydrogen) atoms. The number of nitrogens with zero attached hydrogens (tertiary/aromatic N) is 2. The van der Waals surface area contributed by atoms with Crippen molar-refractivity contribution in [3.8, 4) is 0 Å². The molecule has 1 aliphatic heterocycles. The maximum Gasteiger partial charge on any atom is 0.264 e. The topological polar surface area (TPSA) is 69.7 Å². The van der Waals surface area contributed by atoms with Crippen LogP contribution in [0, 0.1) is 0 Å². The van der Waals surface area contributed by atoms with Crippen molar-refractivity contribution in [1.29, 1.82) is 0 Å². The Hall–Kier alpha value is -3.32. The lowest BCUT2D eigenvalue weighted by Gasteiger charge is -2.28. The number of hydrogen-bond acceptors (Lipinski definition) is 4. The van der Waals surface area contributed by atoms with E-state index in [-0.39, 0.29) is 17.3 Å². The Morgan fingerprint density at radius 2 is 1.53 bits per heavy atom. The van der Waals surface area contributed by atoms with E-state index >= 15 is 0 Å². The molecule has 0 aliphatic carbocycles. The Kier molecular flexibility index (Phi) is 8.31. The third-order valence-corrected chi connectivity index (χ3v) is 8.40. The first-order chi connectivity index (χ1) is 17.3. The fraction of sp³-hybridized carbons (Fsp3) is 0.345. The number of sulfonamides is 1. The molecule has 0 aromatic heterocycles. The van der Waals surface area contributed by atoms with Crippen LogP contribution in [0.5, 0.6) is 0 Å². The third-order valence-electron chi connectivity index (χ3n) is 6.61. The molecule has 0 bridgehead atoms. The van der Waals surface area contributed by atoms with Crippen molar-refractivity contribution in [1.82, 2.24) is 5.32 Å². The highest BCUT2D eigenvalue weighted by Crippen LogP contribution is 2.26. The Balaban J connectivity index is 1.47. The first-order valence-electron chi connectivity index (χ1n) is 12.6. The van der Waals surface area contributed by atoms with Gasteiger partial charge in [-0.2, -0.15) is 0 Å². The molecule has 7 heteroatoms. The van der Waals surface area contributed by atoms with Crippen molar-refractivity contribution in [2.24, 2.45) is 0 Å². The van der Waals surface area contributed by atoms with Gasteiger partial charge in [0.1, 0.15) is 6.54 Å². The molecule has 6 nitrogen and oxygen atoms in total. The SMILES string of the molecule is CC(C)c1ccc(N(CC(=O)NCc2ccc(N3CCCCC3)cc2)S(=O)(=O)c2ccccc2)cc1. The van der Waals surface area contributed by atoms with E-state index in [1.165, 1.54) is 29.3 Å².